The number of alkyl halides is 2. The Kier molecular flexibility index (Phi) is 6.33. The average Bonchev–Trinajstić information content (AvgIpc) is 2.95. The maximum Gasteiger partial charge on any atom is 0.262 e. The van der Waals surface area contributed by atoms with Gasteiger partial charge in [-0.2, -0.15) is 0 Å². The SMILES string of the molecule is Cl.O=C(Nc1ccc(COc2ccccc2)cc1)C1CC(F)(F)CN1. The van der Waals surface area contributed by atoms with Crippen LogP contribution in [0.1, 0.15) is 12.0 Å². The Morgan fingerprint density at radius 3 is 2.44 bits per heavy atom. The van der Waals surface area contributed by atoms with Gasteiger partial charge >= 0.3 is 0 Å². The summed E-state index contributed by atoms with van der Waals surface area (Å²) in [6.45, 7) is -0.0461. The van der Waals surface area contributed by atoms with E-state index in [2.05, 4.69) is 10.6 Å². The summed E-state index contributed by atoms with van der Waals surface area (Å²) in [5, 5.41) is 5.18. The quantitative estimate of drug-likeness (QED) is 0.847. The Bertz CT molecular complexity index is 696. The van der Waals surface area contributed by atoms with Gasteiger partial charge < -0.3 is 10.1 Å². The van der Waals surface area contributed by atoms with Gasteiger partial charge in [-0.1, -0.05) is 30.3 Å². The summed E-state index contributed by atoms with van der Waals surface area (Å²) in [4.78, 5) is 12.0. The fraction of sp³-hybridized carbons (Fsp3) is 0.278. The third-order valence-corrected chi connectivity index (χ3v) is 3.80. The van der Waals surface area contributed by atoms with Gasteiger partial charge in [0, 0.05) is 12.1 Å². The highest BCUT2D eigenvalue weighted by atomic mass is 35.5. The van der Waals surface area contributed by atoms with Crippen molar-refractivity contribution >= 4 is 24.0 Å². The van der Waals surface area contributed by atoms with Crippen molar-refractivity contribution in [3.63, 3.8) is 0 Å². The van der Waals surface area contributed by atoms with Crippen LogP contribution in [0.15, 0.2) is 54.6 Å². The van der Waals surface area contributed by atoms with Crippen molar-refractivity contribution in [3.05, 3.63) is 60.2 Å². The molecule has 0 radical (unpaired) electrons. The van der Waals surface area contributed by atoms with Crippen LogP contribution in [0.5, 0.6) is 5.75 Å². The van der Waals surface area contributed by atoms with Crippen molar-refractivity contribution in [2.24, 2.45) is 0 Å². The average molecular weight is 369 g/mol. The summed E-state index contributed by atoms with van der Waals surface area (Å²) < 4.78 is 31.9. The Hall–Kier alpha value is -2.18. The number of amides is 1. The topological polar surface area (TPSA) is 50.4 Å². The smallest absolute Gasteiger partial charge is 0.262 e. The number of anilines is 1. The van der Waals surface area contributed by atoms with Gasteiger partial charge in [-0.3, -0.25) is 10.1 Å². The van der Waals surface area contributed by atoms with Crippen LogP contribution in [-0.4, -0.2) is 24.4 Å². The molecule has 1 saturated heterocycles. The summed E-state index contributed by atoms with van der Waals surface area (Å²) >= 11 is 0. The van der Waals surface area contributed by atoms with Crippen LogP contribution in [0.4, 0.5) is 14.5 Å². The van der Waals surface area contributed by atoms with Crippen LogP contribution >= 0.6 is 12.4 Å². The summed E-state index contributed by atoms with van der Waals surface area (Å²) in [5.41, 5.74) is 1.52. The predicted octanol–water partition coefficient (Wildman–Crippen LogP) is 3.62. The van der Waals surface area contributed by atoms with E-state index in [1.807, 2.05) is 42.5 Å². The van der Waals surface area contributed by atoms with Crippen molar-refractivity contribution in [1.82, 2.24) is 5.32 Å². The lowest BCUT2D eigenvalue weighted by molar-refractivity contribution is -0.118. The standard InChI is InChI=1S/C18H18F2N2O2.ClH/c19-18(20)10-16(21-12-18)17(23)22-14-8-6-13(7-9-14)11-24-15-4-2-1-3-5-15;/h1-9,16,21H,10-12H2,(H,22,23);1H. The molecule has 0 aromatic heterocycles. The second-order valence-corrected chi connectivity index (χ2v) is 5.78. The Balaban J connectivity index is 0.00000225. The zero-order chi connectivity index (χ0) is 17.0. The fourth-order valence-corrected chi connectivity index (χ4v) is 2.50. The normalized spacial score (nSPS) is 18.2. The lowest BCUT2D eigenvalue weighted by atomic mass is 10.1. The molecule has 0 spiro atoms. The number of hydrogen-bond donors (Lipinski definition) is 2. The van der Waals surface area contributed by atoms with Crippen molar-refractivity contribution < 1.29 is 18.3 Å². The number of para-hydroxylation sites is 1. The molecule has 1 unspecified atom stereocenters. The lowest BCUT2D eigenvalue weighted by Crippen LogP contribution is -2.35. The number of hydrogen-bond acceptors (Lipinski definition) is 3. The second kappa shape index (κ2) is 8.27. The zero-order valence-electron chi connectivity index (χ0n) is 13.4. The summed E-state index contributed by atoms with van der Waals surface area (Å²) in [7, 11) is 0. The Morgan fingerprint density at radius 2 is 1.84 bits per heavy atom. The molecule has 1 aliphatic heterocycles. The van der Waals surface area contributed by atoms with Crippen LogP contribution in [0.3, 0.4) is 0 Å². The zero-order valence-corrected chi connectivity index (χ0v) is 14.2. The largest absolute Gasteiger partial charge is 0.489 e. The van der Waals surface area contributed by atoms with E-state index in [0.717, 1.165) is 11.3 Å². The first-order valence-electron chi connectivity index (χ1n) is 7.71. The molecule has 7 heteroatoms. The molecule has 0 aliphatic carbocycles. The third kappa shape index (κ3) is 5.41. The minimum absolute atomic E-state index is 0. The number of nitrogens with one attached hydrogen (secondary N) is 2. The summed E-state index contributed by atoms with van der Waals surface area (Å²) in [6, 6.07) is 15.7. The van der Waals surface area contributed by atoms with Crippen molar-refractivity contribution in [3.8, 4) is 5.75 Å². The van der Waals surface area contributed by atoms with Gasteiger partial charge in [-0.25, -0.2) is 8.78 Å². The molecule has 1 aliphatic rings. The van der Waals surface area contributed by atoms with E-state index in [1.165, 1.54) is 0 Å². The maximum atomic E-state index is 13.1. The highest BCUT2D eigenvalue weighted by Crippen LogP contribution is 2.25. The number of ether oxygens (including phenoxy) is 1. The van der Waals surface area contributed by atoms with Crippen molar-refractivity contribution in [2.45, 2.75) is 25.0 Å². The molecule has 25 heavy (non-hydrogen) atoms. The van der Waals surface area contributed by atoms with Crippen molar-refractivity contribution in [2.75, 3.05) is 11.9 Å². The first-order chi connectivity index (χ1) is 11.5. The van der Waals surface area contributed by atoms with E-state index in [4.69, 9.17) is 4.74 Å². The number of benzene rings is 2. The number of carbonyl (C=O) groups is 1. The van der Waals surface area contributed by atoms with Crippen LogP contribution in [0, 0.1) is 0 Å². The second-order valence-electron chi connectivity index (χ2n) is 5.78. The van der Waals surface area contributed by atoms with Gasteiger partial charge in [-0.05, 0) is 29.8 Å². The first kappa shape index (κ1) is 19.1. The number of halogens is 3. The molecule has 1 amide bonds. The molecule has 2 aromatic carbocycles. The molecule has 0 saturated carbocycles. The summed E-state index contributed by atoms with van der Waals surface area (Å²) in [5.74, 6) is -2.48. The number of rotatable bonds is 5. The van der Waals surface area contributed by atoms with E-state index >= 15 is 0 Å². The molecule has 2 aromatic rings. The van der Waals surface area contributed by atoms with Gasteiger partial charge in [0.15, 0.2) is 0 Å². The molecule has 1 heterocycles. The molecule has 2 N–H and O–H groups in total. The highest BCUT2D eigenvalue weighted by Gasteiger charge is 2.42. The van der Waals surface area contributed by atoms with E-state index in [1.54, 1.807) is 12.1 Å². The molecular weight excluding hydrogens is 350 g/mol. The number of carbonyl (C=O) groups excluding carboxylic acids is 1. The van der Waals surface area contributed by atoms with Crippen molar-refractivity contribution in [1.29, 1.82) is 0 Å². The molecule has 1 atom stereocenters. The van der Waals surface area contributed by atoms with Gasteiger partial charge in [0.2, 0.25) is 5.91 Å². The molecule has 4 nitrogen and oxygen atoms in total. The van der Waals surface area contributed by atoms with Crippen LogP contribution < -0.4 is 15.4 Å². The molecule has 3 rings (SSSR count). The van der Waals surface area contributed by atoms with Crippen LogP contribution in [-0.2, 0) is 11.4 Å². The Labute approximate surface area is 151 Å². The minimum Gasteiger partial charge on any atom is -0.489 e. The van der Waals surface area contributed by atoms with E-state index in [9.17, 15) is 13.6 Å². The molecule has 134 valence electrons. The molecule has 0 bridgehead atoms. The third-order valence-electron chi connectivity index (χ3n) is 3.80. The van der Waals surface area contributed by atoms with Gasteiger partial charge in [0.25, 0.3) is 5.92 Å². The van der Waals surface area contributed by atoms with Gasteiger partial charge in [-0.15, -0.1) is 12.4 Å². The van der Waals surface area contributed by atoms with E-state index in [-0.39, 0.29) is 12.4 Å². The predicted molar refractivity (Wildman–Crippen MR) is 94.4 cm³/mol. The minimum atomic E-state index is -2.82. The highest BCUT2D eigenvalue weighted by molar-refractivity contribution is 5.95. The Morgan fingerprint density at radius 1 is 1.16 bits per heavy atom. The van der Waals surface area contributed by atoms with E-state index in [0.29, 0.717) is 12.3 Å². The van der Waals surface area contributed by atoms with E-state index < -0.39 is 30.8 Å². The van der Waals surface area contributed by atoms with Crippen LogP contribution in [0.2, 0.25) is 0 Å². The molecule has 1 fully saturated rings. The molecular formula is C18H19ClF2N2O2. The van der Waals surface area contributed by atoms with Gasteiger partial charge in [0.05, 0.1) is 12.6 Å². The van der Waals surface area contributed by atoms with Crippen LogP contribution in [0.25, 0.3) is 0 Å². The lowest BCUT2D eigenvalue weighted by Gasteiger charge is -2.12. The maximum absolute atomic E-state index is 13.1. The first-order valence-corrected chi connectivity index (χ1v) is 7.71. The summed E-state index contributed by atoms with van der Waals surface area (Å²) in [6.07, 6.45) is -0.470. The monoisotopic (exact) mass is 368 g/mol. The van der Waals surface area contributed by atoms with Gasteiger partial charge in [0.1, 0.15) is 12.4 Å². The fourth-order valence-electron chi connectivity index (χ4n) is 2.50.